The summed E-state index contributed by atoms with van der Waals surface area (Å²) in [4.78, 5) is 10.7. The lowest BCUT2D eigenvalue weighted by Crippen LogP contribution is -2.13. The van der Waals surface area contributed by atoms with Gasteiger partial charge in [-0.15, -0.1) is 0 Å². The third kappa shape index (κ3) is 2.48. The molecule has 0 aromatic rings. The molecule has 0 aromatic carbocycles. The van der Waals surface area contributed by atoms with E-state index in [9.17, 15) is 4.79 Å². The minimum Gasteiger partial charge on any atom is -0.481 e. The maximum atomic E-state index is 10.7. The van der Waals surface area contributed by atoms with Crippen LogP contribution in [0.4, 0.5) is 0 Å². The van der Waals surface area contributed by atoms with Gasteiger partial charge in [-0.1, -0.05) is 6.42 Å². The van der Waals surface area contributed by atoms with E-state index in [-0.39, 0.29) is 12.0 Å². The van der Waals surface area contributed by atoms with Gasteiger partial charge in [0.25, 0.3) is 0 Å². The lowest BCUT2D eigenvalue weighted by Gasteiger charge is -2.10. The number of carbonyl (C=O) groups is 1. The van der Waals surface area contributed by atoms with E-state index in [4.69, 9.17) is 9.84 Å². The van der Waals surface area contributed by atoms with Crippen LogP contribution in [0, 0.1) is 5.92 Å². The quantitative estimate of drug-likeness (QED) is 0.644. The van der Waals surface area contributed by atoms with Gasteiger partial charge < -0.3 is 9.84 Å². The molecule has 1 aliphatic rings. The fourth-order valence-corrected chi connectivity index (χ4v) is 1.75. The summed E-state index contributed by atoms with van der Waals surface area (Å²) < 4.78 is 5.21. The van der Waals surface area contributed by atoms with Gasteiger partial charge in [-0.2, -0.15) is 0 Å². The number of carboxylic acid groups (broad SMARTS) is 1. The maximum Gasteiger partial charge on any atom is 0.306 e. The predicted octanol–water partition coefficient (Wildman–Crippen LogP) is 1.67. The summed E-state index contributed by atoms with van der Waals surface area (Å²) in [5.41, 5.74) is 0. The molecule has 0 saturated heterocycles. The molecule has 1 rings (SSSR count). The van der Waals surface area contributed by atoms with Crippen LogP contribution in [0.1, 0.15) is 32.1 Å². The normalized spacial score (nSPS) is 31.1. The van der Waals surface area contributed by atoms with Crippen LogP contribution in [0.3, 0.4) is 0 Å². The summed E-state index contributed by atoms with van der Waals surface area (Å²) in [6.07, 6.45) is 4.76. The first-order valence-electron chi connectivity index (χ1n) is 4.49. The first-order chi connectivity index (χ1) is 5.74. The number of carboxylic acids is 1. The van der Waals surface area contributed by atoms with E-state index >= 15 is 0 Å². The van der Waals surface area contributed by atoms with Gasteiger partial charge in [0.05, 0.1) is 12.0 Å². The summed E-state index contributed by atoms with van der Waals surface area (Å²) in [5, 5.41) is 8.78. The minimum absolute atomic E-state index is 0.134. The van der Waals surface area contributed by atoms with Crippen LogP contribution in [-0.2, 0) is 9.53 Å². The SMILES string of the molecule is CO[C@H]1CCC[C@@H](C(=O)O)CC1. The molecule has 1 N–H and O–H groups in total. The van der Waals surface area contributed by atoms with Crippen molar-refractivity contribution in [3.05, 3.63) is 0 Å². The second kappa shape index (κ2) is 4.45. The highest BCUT2D eigenvalue weighted by molar-refractivity contribution is 5.69. The van der Waals surface area contributed by atoms with Gasteiger partial charge in [0.1, 0.15) is 0 Å². The molecule has 0 aromatic heterocycles. The smallest absolute Gasteiger partial charge is 0.306 e. The molecule has 3 heteroatoms. The molecule has 0 bridgehead atoms. The Kier molecular flexibility index (Phi) is 3.53. The van der Waals surface area contributed by atoms with E-state index in [0.29, 0.717) is 0 Å². The van der Waals surface area contributed by atoms with Crippen LogP contribution >= 0.6 is 0 Å². The van der Waals surface area contributed by atoms with Crippen LogP contribution in [0.15, 0.2) is 0 Å². The highest BCUT2D eigenvalue weighted by atomic mass is 16.5. The molecule has 12 heavy (non-hydrogen) atoms. The van der Waals surface area contributed by atoms with Gasteiger partial charge in [-0.25, -0.2) is 0 Å². The number of rotatable bonds is 2. The Balaban J connectivity index is 2.39. The second-order valence-electron chi connectivity index (χ2n) is 3.40. The highest BCUT2D eigenvalue weighted by Crippen LogP contribution is 2.24. The number of aliphatic carboxylic acids is 1. The standard InChI is InChI=1S/C9H16O3/c1-12-8-4-2-3-7(5-6-8)9(10)11/h7-8H,2-6H2,1H3,(H,10,11)/t7-,8+/m1/s1. The third-order valence-electron chi connectivity index (χ3n) is 2.60. The zero-order chi connectivity index (χ0) is 8.97. The predicted molar refractivity (Wildman–Crippen MR) is 45.0 cm³/mol. The molecule has 0 amide bonds. The van der Waals surface area contributed by atoms with E-state index < -0.39 is 5.97 Å². The van der Waals surface area contributed by atoms with Gasteiger partial charge in [0.2, 0.25) is 0 Å². The molecule has 1 fully saturated rings. The van der Waals surface area contributed by atoms with Crippen molar-refractivity contribution in [2.45, 2.75) is 38.2 Å². The van der Waals surface area contributed by atoms with E-state index in [1.807, 2.05) is 0 Å². The fourth-order valence-electron chi connectivity index (χ4n) is 1.75. The third-order valence-corrected chi connectivity index (χ3v) is 2.60. The van der Waals surface area contributed by atoms with Crippen molar-refractivity contribution >= 4 is 5.97 Å². The first kappa shape index (κ1) is 9.52. The Labute approximate surface area is 72.7 Å². The minimum atomic E-state index is -0.647. The molecule has 2 atom stereocenters. The number of methoxy groups -OCH3 is 1. The Bertz CT molecular complexity index is 156. The average molecular weight is 172 g/mol. The summed E-state index contributed by atoms with van der Waals surface area (Å²) in [6, 6.07) is 0. The summed E-state index contributed by atoms with van der Waals surface area (Å²) in [7, 11) is 1.70. The Morgan fingerprint density at radius 3 is 2.67 bits per heavy atom. The molecule has 70 valence electrons. The van der Waals surface area contributed by atoms with Gasteiger partial charge in [0.15, 0.2) is 0 Å². The Morgan fingerprint density at radius 2 is 2.08 bits per heavy atom. The second-order valence-corrected chi connectivity index (χ2v) is 3.40. The molecular formula is C9H16O3. The van der Waals surface area contributed by atoms with Crippen molar-refractivity contribution in [1.82, 2.24) is 0 Å². The van der Waals surface area contributed by atoms with E-state index in [1.54, 1.807) is 7.11 Å². The van der Waals surface area contributed by atoms with Crippen molar-refractivity contribution in [2.24, 2.45) is 5.92 Å². The largest absolute Gasteiger partial charge is 0.481 e. The molecule has 0 aliphatic heterocycles. The monoisotopic (exact) mass is 172 g/mol. The first-order valence-corrected chi connectivity index (χ1v) is 4.49. The lowest BCUT2D eigenvalue weighted by molar-refractivity contribution is -0.142. The zero-order valence-electron chi connectivity index (χ0n) is 7.45. The van der Waals surface area contributed by atoms with Crippen LogP contribution in [0.5, 0.6) is 0 Å². The number of hydrogen-bond donors (Lipinski definition) is 1. The van der Waals surface area contributed by atoms with Gasteiger partial charge in [-0.05, 0) is 25.7 Å². The van der Waals surface area contributed by atoms with Crippen molar-refractivity contribution < 1.29 is 14.6 Å². The molecule has 1 saturated carbocycles. The van der Waals surface area contributed by atoms with Crippen LogP contribution in [0.2, 0.25) is 0 Å². The Morgan fingerprint density at radius 1 is 1.33 bits per heavy atom. The molecule has 0 radical (unpaired) electrons. The van der Waals surface area contributed by atoms with E-state index in [1.165, 1.54) is 0 Å². The number of ether oxygens (including phenoxy) is 1. The molecule has 0 heterocycles. The molecule has 1 aliphatic carbocycles. The van der Waals surface area contributed by atoms with Crippen molar-refractivity contribution in [3.63, 3.8) is 0 Å². The maximum absolute atomic E-state index is 10.7. The summed E-state index contributed by atoms with van der Waals surface area (Å²) >= 11 is 0. The number of hydrogen-bond acceptors (Lipinski definition) is 2. The van der Waals surface area contributed by atoms with E-state index in [2.05, 4.69) is 0 Å². The summed E-state index contributed by atoms with van der Waals surface area (Å²) in [6.45, 7) is 0. The highest BCUT2D eigenvalue weighted by Gasteiger charge is 2.22. The van der Waals surface area contributed by atoms with Crippen molar-refractivity contribution in [2.75, 3.05) is 7.11 Å². The molecule has 3 nitrogen and oxygen atoms in total. The Hall–Kier alpha value is -0.570. The van der Waals surface area contributed by atoms with Crippen LogP contribution < -0.4 is 0 Å². The topological polar surface area (TPSA) is 46.5 Å². The molecule has 0 unspecified atom stereocenters. The van der Waals surface area contributed by atoms with E-state index in [0.717, 1.165) is 32.1 Å². The van der Waals surface area contributed by atoms with Crippen molar-refractivity contribution in [1.29, 1.82) is 0 Å². The molecule has 0 spiro atoms. The molecular weight excluding hydrogens is 156 g/mol. The summed E-state index contributed by atoms with van der Waals surface area (Å²) in [5.74, 6) is -0.781. The zero-order valence-corrected chi connectivity index (χ0v) is 7.45. The van der Waals surface area contributed by atoms with Gasteiger partial charge in [-0.3, -0.25) is 4.79 Å². The van der Waals surface area contributed by atoms with Gasteiger partial charge in [0, 0.05) is 7.11 Å². The van der Waals surface area contributed by atoms with Gasteiger partial charge >= 0.3 is 5.97 Å². The van der Waals surface area contributed by atoms with Crippen LogP contribution in [-0.4, -0.2) is 24.3 Å². The van der Waals surface area contributed by atoms with Crippen LogP contribution in [0.25, 0.3) is 0 Å². The lowest BCUT2D eigenvalue weighted by atomic mass is 10.0. The van der Waals surface area contributed by atoms with Crippen molar-refractivity contribution in [3.8, 4) is 0 Å². The fraction of sp³-hybridized carbons (Fsp3) is 0.889. The average Bonchev–Trinajstić information content (AvgIpc) is 2.28.